The molecule has 5 heterocycles. The molecule has 4 fully saturated rings. The molecule has 1 aromatic carbocycles. The molecule has 5 aliphatic rings. The molecule has 4 aliphatic heterocycles. The number of rotatable bonds is 3. The third kappa shape index (κ3) is 3.13. The summed E-state index contributed by atoms with van der Waals surface area (Å²) in [6.07, 6.45) is 3.91. The number of nitrogens with zero attached hydrogens (tertiary/aromatic N) is 4. The molecule has 0 radical (unpaired) electrons. The molecule has 7 heteroatoms. The van der Waals surface area contributed by atoms with Crippen LogP contribution in [0.3, 0.4) is 0 Å². The molecule has 0 spiro atoms. The summed E-state index contributed by atoms with van der Waals surface area (Å²) in [4.78, 5) is 27.7. The molecule has 2 aromatic rings. The molecular formula is C24H30N6O. The van der Waals surface area contributed by atoms with E-state index >= 15 is 0 Å². The van der Waals surface area contributed by atoms with E-state index in [-0.39, 0.29) is 23.3 Å². The quantitative estimate of drug-likeness (QED) is 0.780. The summed E-state index contributed by atoms with van der Waals surface area (Å²) in [5.74, 6) is 0.538. The van der Waals surface area contributed by atoms with Crippen molar-refractivity contribution in [2.75, 3.05) is 45.0 Å². The maximum absolute atomic E-state index is 13.6. The lowest BCUT2D eigenvalue weighted by Crippen LogP contribution is -2.70. The van der Waals surface area contributed by atoms with Gasteiger partial charge in [-0.2, -0.15) is 0 Å². The van der Waals surface area contributed by atoms with E-state index < -0.39 is 0 Å². The van der Waals surface area contributed by atoms with Crippen LogP contribution in [0.15, 0.2) is 30.3 Å². The van der Waals surface area contributed by atoms with Gasteiger partial charge in [0, 0.05) is 67.9 Å². The van der Waals surface area contributed by atoms with Crippen LogP contribution in [0.1, 0.15) is 40.2 Å². The second-order valence-corrected chi connectivity index (χ2v) is 9.77. The van der Waals surface area contributed by atoms with Gasteiger partial charge >= 0.3 is 0 Å². The van der Waals surface area contributed by atoms with Crippen molar-refractivity contribution < 1.29 is 4.79 Å². The van der Waals surface area contributed by atoms with Gasteiger partial charge in [-0.25, -0.2) is 9.97 Å². The Morgan fingerprint density at radius 1 is 1.03 bits per heavy atom. The molecule has 1 aromatic heterocycles. The van der Waals surface area contributed by atoms with Crippen LogP contribution >= 0.6 is 0 Å². The van der Waals surface area contributed by atoms with Gasteiger partial charge in [-0.3, -0.25) is 4.79 Å². The number of anilines is 1. The number of carbonyl (C=O) groups excluding carboxylic acids is 1. The third-order valence-electron chi connectivity index (χ3n) is 7.85. The average molecular weight is 419 g/mol. The number of benzene rings is 1. The minimum atomic E-state index is -0.104. The van der Waals surface area contributed by atoms with Gasteiger partial charge in [-0.1, -0.05) is 30.3 Å². The zero-order valence-corrected chi connectivity index (χ0v) is 17.9. The standard InChI is InChI=1S/C24H30N6O/c25-23-26-19-9-5-4-8-18(19)20(27-23)22(31)28-21-16-12-29-10-11-30(13-16)15-24(21,14-29)17-6-2-1-3-7-17/h1-3,6-7,16,21H,4-5,8-15H2,(H,28,31)(H2,25,26,27). The highest BCUT2D eigenvalue weighted by molar-refractivity contribution is 5.94. The van der Waals surface area contributed by atoms with E-state index in [1.165, 1.54) is 5.56 Å². The van der Waals surface area contributed by atoms with Crippen molar-refractivity contribution in [2.45, 2.75) is 37.1 Å². The van der Waals surface area contributed by atoms with E-state index in [1.807, 2.05) is 0 Å². The van der Waals surface area contributed by atoms with Crippen LogP contribution in [0.4, 0.5) is 5.95 Å². The molecule has 0 saturated carbocycles. The van der Waals surface area contributed by atoms with Gasteiger partial charge in [0.05, 0.1) is 0 Å². The molecule has 1 aliphatic carbocycles. The van der Waals surface area contributed by atoms with Gasteiger partial charge in [0.25, 0.3) is 5.91 Å². The summed E-state index contributed by atoms with van der Waals surface area (Å²) in [5.41, 5.74) is 9.67. The summed E-state index contributed by atoms with van der Waals surface area (Å²) in [5, 5.41) is 3.48. The van der Waals surface area contributed by atoms with E-state index in [1.54, 1.807) is 0 Å². The molecule has 162 valence electrons. The molecule has 4 bridgehead atoms. The minimum absolute atomic E-state index is 0.0799. The van der Waals surface area contributed by atoms with Crippen molar-refractivity contribution in [1.29, 1.82) is 0 Å². The number of hydrogen-bond acceptors (Lipinski definition) is 6. The van der Waals surface area contributed by atoms with E-state index in [0.717, 1.165) is 76.2 Å². The molecule has 4 saturated heterocycles. The first-order chi connectivity index (χ1) is 15.1. The summed E-state index contributed by atoms with van der Waals surface area (Å²) in [6.45, 7) is 6.28. The highest BCUT2D eigenvalue weighted by atomic mass is 16.2. The Labute approximate surface area is 183 Å². The highest BCUT2D eigenvalue weighted by Gasteiger charge is 2.55. The van der Waals surface area contributed by atoms with Crippen LogP contribution in [0.2, 0.25) is 0 Å². The lowest BCUT2D eigenvalue weighted by Gasteiger charge is -2.55. The minimum Gasteiger partial charge on any atom is -0.368 e. The largest absolute Gasteiger partial charge is 0.368 e. The number of carbonyl (C=O) groups is 1. The smallest absolute Gasteiger partial charge is 0.270 e. The van der Waals surface area contributed by atoms with Crippen LogP contribution in [0.25, 0.3) is 0 Å². The molecule has 3 unspecified atom stereocenters. The molecule has 3 atom stereocenters. The molecule has 31 heavy (non-hydrogen) atoms. The first kappa shape index (κ1) is 19.2. The number of aryl methyl sites for hydroxylation is 1. The zero-order valence-electron chi connectivity index (χ0n) is 17.9. The second kappa shape index (κ2) is 7.28. The first-order valence-corrected chi connectivity index (χ1v) is 11.6. The van der Waals surface area contributed by atoms with Crippen molar-refractivity contribution in [2.24, 2.45) is 5.92 Å². The SMILES string of the molecule is Nc1nc2c(c(C(=O)NC3C4CN5CCN(C4)CC3(c3ccccc3)C5)n1)CCCC2. The molecule has 3 N–H and O–H groups in total. The van der Waals surface area contributed by atoms with Gasteiger partial charge in [0.15, 0.2) is 0 Å². The first-order valence-electron chi connectivity index (χ1n) is 11.6. The summed E-state index contributed by atoms with van der Waals surface area (Å²) >= 11 is 0. The summed E-state index contributed by atoms with van der Waals surface area (Å²) in [7, 11) is 0. The Bertz CT molecular complexity index is 993. The van der Waals surface area contributed by atoms with Crippen LogP contribution in [0, 0.1) is 5.92 Å². The van der Waals surface area contributed by atoms with Crippen molar-refractivity contribution in [1.82, 2.24) is 25.1 Å². The number of fused-ring (bicyclic) bond motifs is 2. The fourth-order valence-electron chi connectivity index (χ4n) is 6.58. The lowest BCUT2D eigenvalue weighted by molar-refractivity contribution is 0.0179. The Kier molecular flexibility index (Phi) is 4.51. The van der Waals surface area contributed by atoms with Crippen LogP contribution in [0.5, 0.6) is 0 Å². The second-order valence-electron chi connectivity index (χ2n) is 9.77. The lowest BCUT2D eigenvalue weighted by atomic mass is 9.64. The highest BCUT2D eigenvalue weighted by Crippen LogP contribution is 2.43. The Hall–Kier alpha value is -2.51. The van der Waals surface area contributed by atoms with Crippen molar-refractivity contribution in [3.8, 4) is 0 Å². The molecular weight excluding hydrogens is 388 g/mol. The predicted molar refractivity (Wildman–Crippen MR) is 119 cm³/mol. The summed E-state index contributed by atoms with van der Waals surface area (Å²) in [6, 6.07) is 10.9. The average Bonchev–Trinajstić information content (AvgIpc) is 3.04. The van der Waals surface area contributed by atoms with Crippen molar-refractivity contribution in [3.63, 3.8) is 0 Å². The van der Waals surface area contributed by atoms with E-state index in [2.05, 4.69) is 55.4 Å². The number of nitrogen functional groups attached to an aromatic ring is 1. The van der Waals surface area contributed by atoms with Crippen molar-refractivity contribution >= 4 is 11.9 Å². The van der Waals surface area contributed by atoms with Crippen LogP contribution < -0.4 is 11.1 Å². The number of piperidine rings is 2. The van der Waals surface area contributed by atoms with E-state index in [9.17, 15) is 4.79 Å². The third-order valence-corrected chi connectivity index (χ3v) is 7.85. The number of aromatic nitrogens is 2. The van der Waals surface area contributed by atoms with Gasteiger partial charge < -0.3 is 20.9 Å². The molecule has 1 amide bonds. The number of nitrogens with one attached hydrogen (secondary N) is 1. The fraction of sp³-hybridized carbons (Fsp3) is 0.542. The Morgan fingerprint density at radius 2 is 1.74 bits per heavy atom. The normalized spacial score (nSPS) is 33.5. The van der Waals surface area contributed by atoms with Gasteiger partial charge in [0.1, 0.15) is 5.69 Å². The van der Waals surface area contributed by atoms with Crippen molar-refractivity contribution in [3.05, 3.63) is 52.8 Å². The zero-order chi connectivity index (χ0) is 21.0. The monoisotopic (exact) mass is 418 g/mol. The predicted octanol–water partition coefficient (Wildman–Crippen LogP) is 1.24. The van der Waals surface area contributed by atoms with Gasteiger partial charge in [-0.15, -0.1) is 0 Å². The van der Waals surface area contributed by atoms with Gasteiger partial charge in [-0.05, 0) is 31.2 Å². The Morgan fingerprint density at radius 3 is 2.48 bits per heavy atom. The van der Waals surface area contributed by atoms with Gasteiger partial charge in [0.2, 0.25) is 5.95 Å². The van der Waals surface area contributed by atoms with E-state index in [4.69, 9.17) is 5.73 Å². The maximum atomic E-state index is 13.6. The van der Waals surface area contributed by atoms with Crippen LogP contribution in [-0.2, 0) is 18.3 Å². The van der Waals surface area contributed by atoms with E-state index in [0.29, 0.717) is 11.6 Å². The number of amides is 1. The molecule has 7 rings (SSSR count). The Balaban J connectivity index is 1.39. The van der Waals surface area contributed by atoms with Crippen LogP contribution in [-0.4, -0.2) is 71.0 Å². The molecule has 7 nitrogen and oxygen atoms in total. The summed E-state index contributed by atoms with van der Waals surface area (Å²) < 4.78 is 0. The maximum Gasteiger partial charge on any atom is 0.270 e. The number of hydrogen-bond donors (Lipinski definition) is 2. The topological polar surface area (TPSA) is 87.4 Å². The fourth-order valence-corrected chi connectivity index (χ4v) is 6.58. The number of nitrogens with two attached hydrogens (primary N) is 1.